The van der Waals surface area contributed by atoms with E-state index in [1.54, 1.807) is 13.3 Å². The monoisotopic (exact) mass is 361 g/mol. The molecule has 5 nitrogen and oxygen atoms in total. The molecule has 0 bridgehead atoms. The lowest BCUT2D eigenvalue weighted by Crippen LogP contribution is -1.92. The molecule has 0 spiro atoms. The van der Waals surface area contributed by atoms with Crippen molar-refractivity contribution in [2.24, 2.45) is 4.99 Å². The minimum absolute atomic E-state index is 0.224. The predicted octanol–water partition coefficient (Wildman–Crippen LogP) is 5.28. The number of fused-ring (bicyclic) bond motifs is 1. The normalized spacial score (nSPS) is 12.4. The standard InChI is InChI=1S/C22H19NO4/c1-15-5-3-4-6-19(15)27-18-9-7-17(8-10-18)23-13-16-11-21-22(26-14-25-21)12-20(16)24-2/h3-13H,14H2,1-2H3. The Hall–Kier alpha value is -3.47. The smallest absolute Gasteiger partial charge is 0.231 e. The molecular formula is C22H19NO4. The minimum Gasteiger partial charge on any atom is -0.496 e. The molecule has 0 saturated heterocycles. The van der Waals surface area contributed by atoms with Crippen LogP contribution in [0.25, 0.3) is 0 Å². The van der Waals surface area contributed by atoms with Crippen molar-refractivity contribution in [1.82, 2.24) is 0 Å². The van der Waals surface area contributed by atoms with Crippen molar-refractivity contribution in [2.75, 3.05) is 13.9 Å². The van der Waals surface area contributed by atoms with Crippen LogP contribution >= 0.6 is 0 Å². The number of aryl methyl sites for hydroxylation is 1. The lowest BCUT2D eigenvalue weighted by atomic mass is 10.2. The van der Waals surface area contributed by atoms with Gasteiger partial charge in [0.2, 0.25) is 6.79 Å². The highest BCUT2D eigenvalue weighted by atomic mass is 16.7. The van der Waals surface area contributed by atoms with Crippen LogP contribution in [0.15, 0.2) is 65.7 Å². The van der Waals surface area contributed by atoms with E-state index in [0.29, 0.717) is 17.2 Å². The highest BCUT2D eigenvalue weighted by Crippen LogP contribution is 2.37. The third kappa shape index (κ3) is 3.72. The molecule has 0 atom stereocenters. The van der Waals surface area contributed by atoms with Crippen LogP contribution in [0, 0.1) is 6.92 Å². The summed E-state index contributed by atoms with van der Waals surface area (Å²) in [5, 5.41) is 0. The van der Waals surface area contributed by atoms with E-state index in [4.69, 9.17) is 18.9 Å². The summed E-state index contributed by atoms with van der Waals surface area (Å²) in [4.78, 5) is 4.52. The summed E-state index contributed by atoms with van der Waals surface area (Å²) in [6, 6.07) is 19.2. The van der Waals surface area contributed by atoms with E-state index in [9.17, 15) is 0 Å². The predicted molar refractivity (Wildman–Crippen MR) is 104 cm³/mol. The minimum atomic E-state index is 0.224. The molecule has 136 valence electrons. The van der Waals surface area contributed by atoms with E-state index in [1.165, 1.54) is 0 Å². The third-order valence-electron chi connectivity index (χ3n) is 4.24. The first-order valence-corrected chi connectivity index (χ1v) is 8.58. The highest BCUT2D eigenvalue weighted by Gasteiger charge is 2.16. The summed E-state index contributed by atoms with van der Waals surface area (Å²) in [5.74, 6) is 3.67. The van der Waals surface area contributed by atoms with Crippen LogP contribution in [0.1, 0.15) is 11.1 Å². The summed E-state index contributed by atoms with van der Waals surface area (Å²) < 4.78 is 22.1. The fraction of sp³-hybridized carbons (Fsp3) is 0.136. The number of ether oxygens (including phenoxy) is 4. The molecule has 27 heavy (non-hydrogen) atoms. The second-order valence-electron chi connectivity index (χ2n) is 6.07. The van der Waals surface area contributed by atoms with Gasteiger partial charge >= 0.3 is 0 Å². The van der Waals surface area contributed by atoms with Gasteiger partial charge in [-0.15, -0.1) is 0 Å². The molecule has 0 radical (unpaired) electrons. The molecule has 0 N–H and O–H groups in total. The number of hydrogen-bond acceptors (Lipinski definition) is 5. The SMILES string of the molecule is COc1cc2c(cc1C=Nc1ccc(Oc3ccccc3C)cc1)OCO2. The van der Waals surface area contributed by atoms with Crippen LogP contribution in [0.3, 0.4) is 0 Å². The van der Waals surface area contributed by atoms with Crippen LogP contribution in [0.2, 0.25) is 0 Å². The number of rotatable bonds is 5. The quantitative estimate of drug-likeness (QED) is 0.581. The fourth-order valence-corrected chi connectivity index (χ4v) is 2.76. The maximum atomic E-state index is 5.91. The summed E-state index contributed by atoms with van der Waals surface area (Å²) in [5.41, 5.74) is 2.73. The van der Waals surface area contributed by atoms with E-state index >= 15 is 0 Å². The van der Waals surface area contributed by atoms with Crippen molar-refractivity contribution in [3.8, 4) is 28.7 Å². The zero-order chi connectivity index (χ0) is 18.6. The molecule has 1 aliphatic rings. The molecule has 0 saturated carbocycles. The molecule has 0 aliphatic carbocycles. The van der Waals surface area contributed by atoms with Gasteiger partial charge < -0.3 is 18.9 Å². The molecular weight excluding hydrogens is 342 g/mol. The second kappa shape index (κ2) is 7.41. The number of para-hydroxylation sites is 1. The van der Waals surface area contributed by atoms with Gasteiger partial charge in [0.05, 0.1) is 12.8 Å². The first-order chi connectivity index (χ1) is 13.2. The zero-order valence-electron chi connectivity index (χ0n) is 15.1. The summed E-state index contributed by atoms with van der Waals surface area (Å²) >= 11 is 0. The Morgan fingerprint density at radius 1 is 0.926 bits per heavy atom. The number of aliphatic imine (C=N–C) groups is 1. The van der Waals surface area contributed by atoms with Crippen LogP contribution < -0.4 is 18.9 Å². The maximum Gasteiger partial charge on any atom is 0.231 e. The van der Waals surface area contributed by atoms with Gasteiger partial charge in [0.1, 0.15) is 17.2 Å². The highest BCUT2D eigenvalue weighted by molar-refractivity contribution is 5.87. The molecule has 3 aromatic rings. The molecule has 0 aromatic heterocycles. The van der Waals surface area contributed by atoms with Gasteiger partial charge in [-0.1, -0.05) is 18.2 Å². The Bertz CT molecular complexity index is 980. The molecule has 1 heterocycles. The topological polar surface area (TPSA) is 49.3 Å². The number of methoxy groups -OCH3 is 1. The van der Waals surface area contributed by atoms with Gasteiger partial charge in [-0.3, -0.25) is 4.99 Å². The summed E-state index contributed by atoms with van der Waals surface area (Å²) in [6.07, 6.45) is 1.75. The third-order valence-corrected chi connectivity index (χ3v) is 4.24. The van der Waals surface area contributed by atoms with Gasteiger partial charge in [-0.05, 0) is 48.9 Å². The Balaban J connectivity index is 1.51. The molecule has 5 heteroatoms. The van der Waals surface area contributed by atoms with Gasteiger partial charge in [0, 0.05) is 17.8 Å². The number of nitrogens with zero attached hydrogens (tertiary/aromatic N) is 1. The number of hydrogen-bond donors (Lipinski definition) is 0. The Labute approximate surface area is 157 Å². The van der Waals surface area contributed by atoms with Gasteiger partial charge in [-0.25, -0.2) is 0 Å². The lowest BCUT2D eigenvalue weighted by Gasteiger charge is -2.08. The van der Waals surface area contributed by atoms with Crippen molar-refractivity contribution in [1.29, 1.82) is 0 Å². The maximum absolute atomic E-state index is 5.91. The Morgan fingerprint density at radius 3 is 2.41 bits per heavy atom. The molecule has 4 rings (SSSR count). The van der Waals surface area contributed by atoms with E-state index in [-0.39, 0.29) is 6.79 Å². The Morgan fingerprint density at radius 2 is 1.67 bits per heavy atom. The zero-order valence-corrected chi connectivity index (χ0v) is 15.1. The average Bonchev–Trinajstić information content (AvgIpc) is 3.15. The fourth-order valence-electron chi connectivity index (χ4n) is 2.76. The van der Waals surface area contributed by atoms with Crippen LogP contribution in [0.4, 0.5) is 5.69 Å². The van der Waals surface area contributed by atoms with Gasteiger partial charge in [-0.2, -0.15) is 0 Å². The average molecular weight is 361 g/mol. The van der Waals surface area contributed by atoms with E-state index in [1.807, 2.05) is 67.6 Å². The lowest BCUT2D eigenvalue weighted by molar-refractivity contribution is 0.174. The molecule has 0 fully saturated rings. The van der Waals surface area contributed by atoms with E-state index < -0.39 is 0 Å². The first-order valence-electron chi connectivity index (χ1n) is 8.58. The first kappa shape index (κ1) is 17.0. The van der Waals surface area contributed by atoms with Crippen molar-refractivity contribution in [3.63, 3.8) is 0 Å². The van der Waals surface area contributed by atoms with E-state index in [2.05, 4.69) is 4.99 Å². The van der Waals surface area contributed by atoms with Crippen LogP contribution in [-0.2, 0) is 0 Å². The summed E-state index contributed by atoms with van der Waals surface area (Å²) in [6.45, 7) is 2.24. The molecule has 0 amide bonds. The van der Waals surface area contributed by atoms with E-state index in [0.717, 1.165) is 28.3 Å². The number of benzene rings is 3. The molecule has 1 aliphatic heterocycles. The Kier molecular flexibility index (Phi) is 4.66. The molecule has 0 unspecified atom stereocenters. The molecule has 3 aromatic carbocycles. The van der Waals surface area contributed by atoms with Gasteiger partial charge in [0.15, 0.2) is 11.5 Å². The van der Waals surface area contributed by atoms with Crippen molar-refractivity contribution >= 4 is 11.9 Å². The van der Waals surface area contributed by atoms with Crippen molar-refractivity contribution in [2.45, 2.75) is 6.92 Å². The van der Waals surface area contributed by atoms with Crippen molar-refractivity contribution in [3.05, 3.63) is 71.8 Å². The largest absolute Gasteiger partial charge is 0.496 e. The second-order valence-corrected chi connectivity index (χ2v) is 6.07. The van der Waals surface area contributed by atoms with Crippen LogP contribution in [-0.4, -0.2) is 20.1 Å². The summed E-state index contributed by atoms with van der Waals surface area (Å²) in [7, 11) is 1.62. The van der Waals surface area contributed by atoms with Gasteiger partial charge in [0.25, 0.3) is 0 Å². The van der Waals surface area contributed by atoms with Crippen LogP contribution in [0.5, 0.6) is 28.7 Å². The van der Waals surface area contributed by atoms with Crippen molar-refractivity contribution < 1.29 is 18.9 Å².